The Hall–Kier alpha value is -14.7. The first-order valence-corrected chi connectivity index (χ1v) is 49.5. The fourth-order valence-corrected chi connectivity index (χ4v) is 22.8. The van der Waals surface area contributed by atoms with Gasteiger partial charge in [-0.3, -0.25) is 0 Å². The first kappa shape index (κ1) is 85.2. The summed E-state index contributed by atoms with van der Waals surface area (Å²) in [5.74, 6) is 5.10. The van der Waals surface area contributed by atoms with E-state index >= 15 is 0 Å². The molecule has 0 aliphatic carbocycles. The number of aromatic nitrogens is 6. The largest absolute Gasteiger partial charge is 0.507 e. The van der Waals surface area contributed by atoms with Crippen molar-refractivity contribution in [2.75, 3.05) is 0 Å². The Bertz CT molecular complexity index is 8920. The SMILES string of the molecule is Brc1c(Oc2ccccc2)cc(-n2c3ccccc3c3ccccc32)cc1-n1c2ccccc2c2ccccc21.Brc1c(Oc2ccccc2)cc(I)cc1-n1c2ccccc2c2ccccc21.Fc1ccccc1.Oc1cc(I)cc(-n2c3ccccc3c3ccccc32)c1Br.c1ccc2c(c1)Oc1cc(-n3c4ccccc4c4ccccc43)cc3c1B2c1cccc2c4ccccc4n-3c12. The molecule has 1 N–H and O–H groups in total. The van der Waals surface area contributed by atoms with Crippen molar-refractivity contribution in [3.8, 4) is 74.4 Å². The van der Waals surface area contributed by atoms with Crippen molar-refractivity contribution in [1.29, 1.82) is 0 Å². The van der Waals surface area contributed by atoms with Crippen molar-refractivity contribution in [2.45, 2.75) is 0 Å². The van der Waals surface area contributed by atoms with Crippen LogP contribution >= 0.6 is 93.0 Å². The second-order valence-corrected chi connectivity index (χ2v) is 38.7. The summed E-state index contributed by atoms with van der Waals surface area (Å²) in [4.78, 5) is 0. The molecule has 8 heterocycles. The summed E-state index contributed by atoms with van der Waals surface area (Å²) in [6, 6.07) is 154. The number of hydrogen-bond donors (Lipinski definition) is 1. The first-order chi connectivity index (χ1) is 67.4. The lowest BCUT2D eigenvalue weighted by molar-refractivity contribution is 0.471. The van der Waals surface area contributed by atoms with E-state index in [-0.39, 0.29) is 18.3 Å². The van der Waals surface area contributed by atoms with E-state index in [4.69, 9.17) is 14.2 Å². The normalized spacial score (nSPS) is 11.8. The zero-order valence-electron chi connectivity index (χ0n) is 72.9. The highest BCUT2D eigenvalue weighted by molar-refractivity contribution is 14.1. The number of benzene rings is 20. The van der Waals surface area contributed by atoms with Crippen LogP contribution in [-0.4, -0.2) is 39.2 Å². The Kier molecular flexibility index (Phi) is 22.3. The molecule has 0 unspecified atom stereocenters. The number of nitrogens with zero attached hydrogens (tertiary/aromatic N) is 6. The molecule has 2 aliphatic rings. The number of halogens is 6. The molecule has 137 heavy (non-hydrogen) atoms. The van der Waals surface area contributed by atoms with E-state index in [2.05, 4.69) is 460 Å². The van der Waals surface area contributed by atoms with Crippen LogP contribution in [0.2, 0.25) is 0 Å². The third-order valence-corrected chi connectivity index (χ3v) is 29.6. The molecule has 0 saturated heterocycles. The Morgan fingerprint density at radius 3 is 0.942 bits per heavy atom. The van der Waals surface area contributed by atoms with Crippen LogP contribution in [0.3, 0.4) is 0 Å². The molecule has 0 spiro atoms. The van der Waals surface area contributed by atoms with Gasteiger partial charge in [-0.15, -0.1) is 0 Å². The molecular weight excluding hydrogens is 2110 g/mol. The van der Waals surface area contributed by atoms with Gasteiger partial charge in [0.15, 0.2) is 0 Å². The van der Waals surface area contributed by atoms with Crippen molar-refractivity contribution in [1.82, 2.24) is 27.4 Å². The predicted molar refractivity (Wildman–Crippen MR) is 593 cm³/mol. The summed E-state index contributed by atoms with van der Waals surface area (Å²) in [6.45, 7) is 0.114. The molecule has 0 bridgehead atoms. The summed E-state index contributed by atoms with van der Waals surface area (Å²) < 4.78 is 50.1. The molecule has 654 valence electrons. The molecule has 26 aromatic rings. The average molecular weight is 2190 g/mol. The van der Waals surface area contributed by atoms with E-state index in [0.717, 1.165) is 112 Å². The van der Waals surface area contributed by atoms with Crippen LogP contribution in [0.1, 0.15) is 0 Å². The number of ether oxygens (including phenoxy) is 3. The van der Waals surface area contributed by atoms with Gasteiger partial charge >= 0.3 is 0 Å². The maximum Gasteiger partial charge on any atom is 0.256 e. The molecule has 28 rings (SSSR count). The molecule has 17 heteroatoms. The fourth-order valence-electron chi connectivity index (χ4n) is 20.3. The van der Waals surface area contributed by atoms with Crippen LogP contribution in [0, 0.1) is 13.0 Å². The molecule has 0 saturated carbocycles. The van der Waals surface area contributed by atoms with Gasteiger partial charge in [-0.25, -0.2) is 4.39 Å². The van der Waals surface area contributed by atoms with Gasteiger partial charge in [-0.1, -0.05) is 291 Å². The van der Waals surface area contributed by atoms with E-state index in [1.165, 1.54) is 132 Å². The molecule has 2 aliphatic heterocycles. The number of aromatic hydroxyl groups is 1. The molecule has 0 fully saturated rings. The smallest absolute Gasteiger partial charge is 0.256 e. The van der Waals surface area contributed by atoms with Crippen LogP contribution in [0.5, 0.6) is 40.2 Å². The number of para-hydroxylation sites is 15. The first-order valence-electron chi connectivity index (χ1n) is 45.0. The van der Waals surface area contributed by atoms with Crippen molar-refractivity contribution in [2.24, 2.45) is 0 Å². The Morgan fingerprint density at radius 1 is 0.255 bits per heavy atom. The van der Waals surface area contributed by atoms with Crippen LogP contribution < -0.4 is 30.6 Å². The van der Waals surface area contributed by atoms with Gasteiger partial charge in [-0.2, -0.15) is 0 Å². The molecule has 20 aromatic carbocycles. The minimum Gasteiger partial charge on any atom is -0.507 e. The second-order valence-electron chi connectivity index (χ2n) is 33.8. The van der Waals surface area contributed by atoms with Crippen molar-refractivity contribution in [3.05, 3.63) is 475 Å². The molecule has 10 nitrogen and oxygen atoms in total. The summed E-state index contributed by atoms with van der Waals surface area (Å²) in [5.41, 5.74) is 24.3. The van der Waals surface area contributed by atoms with Gasteiger partial charge in [0.25, 0.3) is 6.71 Å². The Labute approximate surface area is 839 Å². The highest BCUT2D eigenvalue weighted by Crippen LogP contribution is 2.48. The van der Waals surface area contributed by atoms with Crippen molar-refractivity contribution < 1.29 is 23.7 Å². The minimum absolute atomic E-state index is 0.114. The molecule has 0 atom stereocenters. The highest BCUT2D eigenvalue weighted by Gasteiger charge is 2.41. The van der Waals surface area contributed by atoms with Crippen molar-refractivity contribution in [3.63, 3.8) is 0 Å². The van der Waals surface area contributed by atoms with E-state index in [1.54, 1.807) is 24.3 Å². The lowest BCUT2D eigenvalue weighted by Gasteiger charge is -2.33. The van der Waals surface area contributed by atoms with E-state index in [1.807, 2.05) is 72.8 Å². The Balaban J connectivity index is 0.0000000995. The summed E-state index contributed by atoms with van der Waals surface area (Å²) >= 11 is 15.9. The zero-order valence-corrected chi connectivity index (χ0v) is 82.0. The fraction of sp³-hybridized carbons (Fsp3) is 0. The van der Waals surface area contributed by atoms with Gasteiger partial charge in [0, 0.05) is 95.1 Å². The summed E-state index contributed by atoms with van der Waals surface area (Å²) in [7, 11) is 0. The Morgan fingerprint density at radius 2 is 0.547 bits per heavy atom. The number of hydrogen-bond acceptors (Lipinski definition) is 4. The van der Waals surface area contributed by atoms with Crippen molar-refractivity contribution >= 4 is 247 Å². The van der Waals surface area contributed by atoms with Gasteiger partial charge in [-0.05, 0) is 255 Å². The van der Waals surface area contributed by atoms with E-state index < -0.39 is 0 Å². The quantitative estimate of drug-likeness (QED) is 0.115. The zero-order chi connectivity index (χ0) is 92.0. The molecule has 0 radical (unpaired) electrons. The van der Waals surface area contributed by atoms with Gasteiger partial charge in [0.1, 0.15) is 46.1 Å². The third kappa shape index (κ3) is 15.0. The lowest BCUT2D eigenvalue weighted by Crippen LogP contribution is -2.58. The maximum absolute atomic E-state index is 11.9. The maximum atomic E-state index is 11.9. The minimum atomic E-state index is -0.178. The number of phenols is 1. The van der Waals surface area contributed by atoms with Crippen LogP contribution in [0.25, 0.3) is 165 Å². The summed E-state index contributed by atoms with van der Waals surface area (Å²) in [6.07, 6.45) is 0. The molecule has 6 aromatic heterocycles. The van der Waals surface area contributed by atoms with Gasteiger partial charge < -0.3 is 46.7 Å². The average Bonchev–Trinajstić information content (AvgIpc) is 1.57. The predicted octanol–water partition coefficient (Wildman–Crippen LogP) is 32.9. The van der Waals surface area contributed by atoms with E-state index in [9.17, 15) is 9.50 Å². The lowest BCUT2D eigenvalue weighted by atomic mass is 9.34. The number of fused-ring (bicyclic) bond motifs is 22. The van der Waals surface area contributed by atoms with Gasteiger partial charge in [0.05, 0.1) is 103 Å². The molecule has 0 amide bonds. The second kappa shape index (κ2) is 35.8. The van der Waals surface area contributed by atoms with E-state index in [0.29, 0.717) is 4.47 Å². The van der Waals surface area contributed by atoms with Crippen LogP contribution in [0.4, 0.5) is 4.39 Å². The topological polar surface area (TPSA) is 77.5 Å². The third-order valence-electron chi connectivity index (χ3n) is 25.9. The van der Waals surface area contributed by atoms with Gasteiger partial charge in [0.2, 0.25) is 0 Å². The monoisotopic (exact) mass is 2180 g/mol. The highest BCUT2D eigenvalue weighted by atomic mass is 127. The number of phenolic OH excluding ortho intramolecular Hbond substituents is 1. The summed E-state index contributed by atoms with van der Waals surface area (Å²) in [5, 5.41) is 25.1. The van der Waals surface area contributed by atoms with Crippen LogP contribution in [0.15, 0.2) is 462 Å². The van der Waals surface area contributed by atoms with Crippen LogP contribution in [-0.2, 0) is 0 Å². The standard InChI is InChI=1S/C36H21BN2O.C36H23BrN2O.C24H15BrINO.C18H11BrINO.C6H5F/c1-5-16-29-23(10-1)24-11-2-6-17-30(24)38(29)22-20-32-35-34(21-22)40-33-19-8-4-14-27(33)37(35)28-15-9-13-26-25-12-3-7-18-31(25)39(32)36(26)28;37-36-34(39-32-20-10-6-16-28(32)29-17-7-11-21-33(29)39)22-24(23-35(36)40-25-12-2-1-3-13-25)38-30-18-8-4-14-26(30)27-15-5-9-19-31(27)38;25-24-22(14-16(26)15-23(24)28-17-8-2-1-3-9-17)27-20-12-6-4-10-18(20)19-11-5-7-13-21(19)27;19-18-16(9-11(20)10-17(18)22)21-14-7-3-1-5-12(14)13-6-2-4-8-15(13)21;7-6-4-2-1-3-5-6/h1-21H;1-23H;1-15H;1-10,22H;1-5H. The number of rotatable bonds is 9. The molecular formula is C120H75BBr3FI2N6O4.